The van der Waals surface area contributed by atoms with Crippen LogP contribution >= 0.6 is 15.9 Å². The molecular formula is C18H14BrN3O. The van der Waals surface area contributed by atoms with Crippen LogP contribution in [-0.4, -0.2) is 10.9 Å². The van der Waals surface area contributed by atoms with Crippen LogP contribution in [0.4, 0.5) is 17.1 Å². The molecule has 0 bridgehead atoms. The van der Waals surface area contributed by atoms with E-state index in [2.05, 4.69) is 31.5 Å². The van der Waals surface area contributed by atoms with Crippen molar-refractivity contribution in [1.82, 2.24) is 4.98 Å². The van der Waals surface area contributed by atoms with Crippen LogP contribution in [0.5, 0.6) is 0 Å². The molecule has 0 aliphatic rings. The van der Waals surface area contributed by atoms with Crippen LogP contribution in [0, 0.1) is 0 Å². The number of carbonyl (C=O) groups excluding carboxylic acids is 1. The number of hydrogen-bond donors (Lipinski definition) is 2. The fourth-order valence-electron chi connectivity index (χ4n) is 2.02. The van der Waals surface area contributed by atoms with E-state index < -0.39 is 0 Å². The van der Waals surface area contributed by atoms with Gasteiger partial charge in [0, 0.05) is 15.8 Å². The minimum atomic E-state index is -0.237. The Kier molecular flexibility index (Phi) is 4.68. The lowest BCUT2D eigenvalue weighted by Gasteiger charge is -2.07. The van der Waals surface area contributed by atoms with Gasteiger partial charge < -0.3 is 10.6 Å². The minimum Gasteiger partial charge on any atom is -0.354 e. The molecule has 3 aromatic rings. The van der Waals surface area contributed by atoms with Crippen LogP contribution < -0.4 is 10.6 Å². The Labute approximate surface area is 142 Å². The highest BCUT2D eigenvalue weighted by atomic mass is 79.9. The summed E-state index contributed by atoms with van der Waals surface area (Å²) >= 11 is 3.36. The number of anilines is 3. The molecule has 3 rings (SSSR count). The van der Waals surface area contributed by atoms with E-state index in [0.717, 1.165) is 21.5 Å². The number of carbonyl (C=O) groups is 1. The summed E-state index contributed by atoms with van der Waals surface area (Å²) in [4.78, 5) is 16.4. The number of halogens is 1. The van der Waals surface area contributed by atoms with Crippen LogP contribution in [0.15, 0.2) is 77.4 Å². The minimum absolute atomic E-state index is 0.237. The average Bonchev–Trinajstić information content (AvgIpc) is 2.58. The van der Waals surface area contributed by atoms with E-state index in [4.69, 9.17) is 0 Å². The monoisotopic (exact) mass is 367 g/mol. The molecule has 5 heteroatoms. The number of hydrogen-bond acceptors (Lipinski definition) is 3. The molecule has 2 N–H and O–H groups in total. The Bertz CT molecular complexity index is 787. The first-order chi connectivity index (χ1) is 11.2. The van der Waals surface area contributed by atoms with Crippen molar-refractivity contribution in [3.05, 3.63) is 83.1 Å². The van der Waals surface area contributed by atoms with Crippen LogP contribution in [0.25, 0.3) is 0 Å². The average molecular weight is 368 g/mol. The summed E-state index contributed by atoms with van der Waals surface area (Å²) in [6, 6.07) is 20.7. The van der Waals surface area contributed by atoms with E-state index in [1.54, 1.807) is 12.3 Å². The van der Waals surface area contributed by atoms with E-state index >= 15 is 0 Å². The molecule has 2 aromatic carbocycles. The Hall–Kier alpha value is -2.66. The van der Waals surface area contributed by atoms with Crippen LogP contribution in [0.3, 0.4) is 0 Å². The topological polar surface area (TPSA) is 54.0 Å². The smallest absolute Gasteiger partial charge is 0.274 e. The summed E-state index contributed by atoms with van der Waals surface area (Å²) < 4.78 is 0.963. The SMILES string of the molecule is O=C(Nc1ccc(Br)cc1)c1ccc(Nc2ccccc2)cn1. The predicted octanol–water partition coefficient (Wildman–Crippen LogP) is 4.84. The lowest BCUT2D eigenvalue weighted by atomic mass is 10.2. The number of rotatable bonds is 4. The maximum atomic E-state index is 12.2. The Morgan fingerprint density at radius 3 is 2.17 bits per heavy atom. The van der Waals surface area contributed by atoms with Crippen LogP contribution in [0.1, 0.15) is 10.5 Å². The van der Waals surface area contributed by atoms with Gasteiger partial charge in [-0.25, -0.2) is 4.98 Å². The third-order valence-corrected chi connectivity index (χ3v) is 3.69. The van der Waals surface area contributed by atoms with Gasteiger partial charge in [-0.15, -0.1) is 0 Å². The molecule has 0 aliphatic carbocycles. The molecule has 1 heterocycles. The predicted molar refractivity (Wildman–Crippen MR) is 96.1 cm³/mol. The maximum Gasteiger partial charge on any atom is 0.274 e. The highest BCUT2D eigenvalue weighted by Gasteiger charge is 2.07. The van der Waals surface area contributed by atoms with Crippen LogP contribution in [0.2, 0.25) is 0 Å². The first-order valence-corrected chi connectivity index (χ1v) is 7.85. The summed E-state index contributed by atoms with van der Waals surface area (Å²) in [5.41, 5.74) is 2.90. The Morgan fingerprint density at radius 2 is 1.52 bits per heavy atom. The largest absolute Gasteiger partial charge is 0.354 e. The van der Waals surface area contributed by atoms with Gasteiger partial charge in [0.25, 0.3) is 5.91 Å². The number of nitrogens with one attached hydrogen (secondary N) is 2. The van der Waals surface area contributed by atoms with E-state index in [1.165, 1.54) is 0 Å². The lowest BCUT2D eigenvalue weighted by Crippen LogP contribution is -2.13. The summed E-state index contributed by atoms with van der Waals surface area (Å²) in [5.74, 6) is -0.237. The van der Waals surface area contributed by atoms with Gasteiger partial charge in [0.2, 0.25) is 0 Å². The molecule has 23 heavy (non-hydrogen) atoms. The third-order valence-electron chi connectivity index (χ3n) is 3.16. The molecule has 0 radical (unpaired) electrons. The molecule has 0 saturated carbocycles. The molecule has 4 nitrogen and oxygen atoms in total. The highest BCUT2D eigenvalue weighted by Crippen LogP contribution is 2.17. The molecule has 0 fully saturated rings. The number of nitrogens with zero attached hydrogens (tertiary/aromatic N) is 1. The summed E-state index contributed by atoms with van der Waals surface area (Å²) in [7, 11) is 0. The van der Waals surface area contributed by atoms with Gasteiger partial charge in [-0.05, 0) is 48.5 Å². The molecule has 1 aromatic heterocycles. The van der Waals surface area contributed by atoms with Crippen molar-refractivity contribution >= 4 is 38.9 Å². The molecule has 0 atom stereocenters. The first-order valence-electron chi connectivity index (χ1n) is 7.06. The zero-order chi connectivity index (χ0) is 16.1. The first kappa shape index (κ1) is 15.2. The summed E-state index contributed by atoms with van der Waals surface area (Å²) in [5, 5.41) is 6.04. The quantitative estimate of drug-likeness (QED) is 0.693. The third kappa shape index (κ3) is 4.17. The van der Waals surface area contributed by atoms with Crippen LogP contribution in [-0.2, 0) is 0 Å². The summed E-state index contributed by atoms with van der Waals surface area (Å²) in [6.45, 7) is 0. The maximum absolute atomic E-state index is 12.2. The molecular weight excluding hydrogens is 354 g/mol. The Morgan fingerprint density at radius 1 is 0.826 bits per heavy atom. The second kappa shape index (κ2) is 7.07. The zero-order valence-corrected chi connectivity index (χ0v) is 13.7. The van der Waals surface area contributed by atoms with Gasteiger partial charge in [0.15, 0.2) is 0 Å². The molecule has 0 saturated heterocycles. The molecule has 1 amide bonds. The number of aromatic nitrogens is 1. The van der Waals surface area contributed by atoms with E-state index in [0.29, 0.717) is 5.69 Å². The van der Waals surface area contributed by atoms with Crippen molar-refractivity contribution in [3.8, 4) is 0 Å². The lowest BCUT2D eigenvalue weighted by molar-refractivity contribution is 0.102. The molecule has 0 aliphatic heterocycles. The van der Waals surface area contributed by atoms with E-state index in [-0.39, 0.29) is 5.91 Å². The number of para-hydroxylation sites is 1. The van der Waals surface area contributed by atoms with Gasteiger partial charge in [-0.3, -0.25) is 4.79 Å². The van der Waals surface area contributed by atoms with Gasteiger partial charge in [0.1, 0.15) is 5.69 Å². The van der Waals surface area contributed by atoms with Crippen molar-refractivity contribution in [2.75, 3.05) is 10.6 Å². The zero-order valence-electron chi connectivity index (χ0n) is 12.2. The van der Waals surface area contributed by atoms with E-state index in [1.807, 2.05) is 60.7 Å². The van der Waals surface area contributed by atoms with Crippen molar-refractivity contribution in [2.24, 2.45) is 0 Å². The van der Waals surface area contributed by atoms with E-state index in [9.17, 15) is 4.79 Å². The number of pyridine rings is 1. The van der Waals surface area contributed by atoms with Gasteiger partial charge in [-0.2, -0.15) is 0 Å². The molecule has 114 valence electrons. The molecule has 0 unspecified atom stereocenters. The molecule has 0 spiro atoms. The standard InChI is InChI=1S/C18H14BrN3O/c19-13-6-8-15(9-7-13)22-18(23)17-11-10-16(12-20-17)21-14-4-2-1-3-5-14/h1-12,21H,(H,22,23). The normalized spacial score (nSPS) is 10.1. The fourth-order valence-corrected chi connectivity index (χ4v) is 2.28. The number of amides is 1. The highest BCUT2D eigenvalue weighted by molar-refractivity contribution is 9.10. The van der Waals surface area contributed by atoms with Crippen molar-refractivity contribution in [2.45, 2.75) is 0 Å². The van der Waals surface area contributed by atoms with Crippen molar-refractivity contribution in [1.29, 1.82) is 0 Å². The number of benzene rings is 2. The van der Waals surface area contributed by atoms with Crippen molar-refractivity contribution in [3.63, 3.8) is 0 Å². The second-order valence-corrected chi connectivity index (χ2v) is 5.80. The van der Waals surface area contributed by atoms with Gasteiger partial charge >= 0.3 is 0 Å². The van der Waals surface area contributed by atoms with Crippen molar-refractivity contribution < 1.29 is 4.79 Å². The van der Waals surface area contributed by atoms with Gasteiger partial charge in [-0.1, -0.05) is 34.1 Å². The van der Waals surface area contributed by atoms with Gasteiger partial charge in [0.05, 0.1) is 11.9 Å². The second-order valence-electron chi connectivity index (χ2n) is 4.88. The summed E-state index contributed by atoms with van der Waals surface area (Å²) in [6.07, 6.45) is 1.64. The fraction of sp³-hybridized carbons (Fsp3) is 0. The Balaban J connectivity index is 1.66.